The average molecular weight is 477 g/mol. The first kappa shape index (κ1) is 25.6. The summed E-state index contributed by atoms with van der Waals surface area (Å²) in [6.45, 7) is 8.40. The quantitative estimate of drug-likeness (QED) is 0.561. The summed E-state index contributed by atoms with van der Waals surface area (Å²) >= 11 is 0. The molecule has 0 aromatic heterocycles. The van der Waals surface area contributed by atoms with Crippen molar-refractivity contribution in [1.82, 2.24) is 0 Å². The first-order valence-corrected chi connectivity index (χ1v) is 12.7. The van der Waals surface area contributed by atoms with E-state index in [2.05, 4.69) is 26.8 Å². The van der Waals surface area contributed by atoms with Crippen LogP contribution in [0.25, 0.3) is 0 Å². The van der Waals surface area contributed by atoms with Gasteiger partial charge >= 0.3 is 0 Å². The number of allylic oxidation sites excluding steroid dienone is 2. The molecule has 1 aromatic carbocycles. The molecule has 2 fully saturated rings. The molecule has 4 rings (SSSR count). The van der Waals surface area contributed by atoms with E-state index in [1.54, 1.807) is 0 Å². The lowest BCUT2D eigenvalue weighted by Crippen LogP contribution is -2.59. The number of aliphatic hydroxyl groups excluding tert-OH is 2. The molecule has 1 aliphatic carbocycles. The zero-order chi connectivity index (χ0) is 24.2. The van der Waals surface area contributed by atoms with Gasteiger partial charge in [-0.25, -0.2) is 0 Å². The molecule has 1 aromatic rings. The zero-order valence-corrected chi connectivity index (χ0v) is 20.7. The standard InChI is InChI=1S/C27H40O7/c1-5-21-24(16(2)17(3)26(32-21)31-20-12-9-13-20)34-27-18(4)25(23(29)22(14-28)33-27)30-15-19-10-7-6-8-11-19/h6-8,10-12,16-18,21-29H,5,9,13-15H2,1-4H3. The predicted octanol–water partition coefficient (Wildman–Crippen LogP) is 3.77. The van der Waals surface area contributed by atoms with E-state index in [-0.39, 0.29) is 42.9 Å². The Labute approximate surface area is 203 Å². The van der Waals surface area contributed by atoms with Crippen LogP contribution in [0.4, 0.5) is 0 Å². The van der Waals surface area contributed by atoms with Crippen molar-refractivity contribution >= 4 is 0 Å². The van der Waals surface area contributed by atoms with E-state index < -0.39 is 24.6 Å². The topological polar surface area (TPSA) is 86.6 Å². The predicted molar refractivity (Wildman–Crippen MR) is 126 cm³/mol. The molecule has 0 radical (unpaired) electrons. The van der Waals surface area contributed by atoms with Crippen molar-refractivity contribution in [2.24, 2.45) is 17.8 Å². The molecule has 2 heterocycles. The fraction of sp³-hybridized carbons (Fsp3) is 0.704. The maximum absolute atomic E-state index is 10.8. The van der Waals surface area contributed by atoms with Gasteiger partial charge in [-0.15, -0.1) is 0 Å². The van der Waals surface area contributed by atoms with Gasteiger partial charge in [-0.2, -0.15) is 0 Å². The second kappa shape index (κ2) is 11.5. The Morgan fingerprint density at radius 1 is 0.941 bits per heavy atom. The van der Waals surface area contributed by atoms with Gasteiger partial charge in [-0.3, -0.25) is 0 Å². The average Bonchev–Trinajstić information content (AvgIpc) is 2.82. The summed E-state index contributed by atoms with van der Waals surface area (Å²) in [5.41, 5.74) is 1.02. The molecular weight excluding hydrogens is 436 g/mol. The Morgan fingerprint density at radius 2 is 1.65 bits per heavy atom. The van der Waals surface area contributed by atoms with Gasteiger partial charge in [0.2, 0.25) is 6.29 Å². The second-order valence-electron chi connectivity index (χ2n) is 9.93. The summed E-state index contributed by atoms with van der Waals surface area (Å²) in [5, 5.41) is 20.7. The monoisotopic (exact) mass is 476 g/mol. The maximum Gasteiger partial charge on any atom is 0.202 e. The van der Waals surface area contributed by atoms with Gasteiger partial charge in [-0.05, 0) is 30.4 Å². The number of hydrogen-bond acceptors (Lipinski definition) is 7. The molecule has 3 aliphatic rings. The van der Waals surface area contributed by atoms with E-state index in [4.69, 9.17) is 23.7 Å². The molecule has 0 amide bonds. The molecule has 2 N–H and O–H groups in total. The Morgan fingerprint density at radius 3 is 2.26 bits per heavy atom. The highest BCUT2D eigenvalue weighted by Gasteiger charge is 2.49. The molecule has 0 saturated carbocycles. The summed E-state index contributed by atoms with van der Waals surface area (Å²) in [6, 6.07) is 9.85. The zero-order valence-electron chi connectivity index (χ0n) is 20.7. The van der Waals surface area contributed by atoms with E-state index in [9.17, 15) is 10.2 Å². The van der Waals surface area contributed by atoms with Gasteiger partial charge in [0.05, 0.1) is 37.3 Å². The summed E-state index contributed by atoms with van der Waals surface area (Å²) in [6.07, 6.45) is 1.41. The van der Waals surface area contributed by atoms with Crippen LogP contribution < -0.4 is 0 Å². The van der Waals surface area contributed by atoms with Crippen LogP contribution in [0.3, 0.4) is 0 Å². The van der Waals surface area contributed by atoms with E-state index in [1.807, 2.05) is 37.3 Å². The first-order valence-electron chi connectivity index (χ1n) is 12.7. The number of ether oxygens (including phenoxy) is 5. The van der Waals surface area contributed by atoms with Gasteiger partial charge in [0.15, 0.2) is 6.29 Å². The third kappa shape index (κ3) is 5.50. The van der Waals surface area contributed by atoms with Crippen LogP contribution in [0.5, 0.6) is 0 Å². The number of rotatable bonds is 9. The van der Waals surface area contributed by atoms with Crippen molar-refractivity contribution in [3.8, 4) is 0 Å². The lowest BCUT2D eigenvalue weighted by atomic mass is 9.83. The molecule has 7 heteroatoms. The van der Waals surface area contributed by atoms with Crippen LogP contribution in [0, 0.1) is 17.8 Å². The van der Waals surface area contributed by atoms with Crippen LogP contribution in [0.15, 0.2) is 42.2 Å². The first-order chi connectivity index (χ1) is 16.4. The van der Waals surface area contributed by atoms with E-state index in [1.165, 1.54) is 0 Å². The molecule has 10 atom stereocenters. The summed E-state index contributed by atoms with van der Waals surface area (Å²) in [4.78, 5) is 0. The van der Waals surface area contributed by atoms with Crippen LogP contribution in [0.2, 0.25) is 0 Å². The number of benzene rings is 1. The third-order valence-corrected chi connectivity index (χ3v) is 7.62. The molecule has 0 spiro atoms. The Kier molecular flexibility index (Phi) is 8.66. The molecule has 0 bridgehead atoms. The molecule has 2 aliphatic heterocycles. The molecule has 2 saturated heterocycles. The van der Waals surface area contributed by atoms with Crippen LogP contribution >= 0.6 is 0 Å². The van der Waals surface area contributed by atoms with Crippen molar-refractivity contribution < 1.29 is 33.9 Å². The van der Waals surface area contributed by atoms with Gasteiger partial charge in [0.1, 0.15) is 12.2 Å². The molecular formula is C27H40O7. The lowest BCUT2D eigenvalue weighted by Gasteiger charge is -2.48. The van der Waals surface area contributed by atoms with Gasteiger partial charge in [0, 0.05) is 18.3 Å². The minimum absolute atomic E-state index is 0.137. The highest BCUT2D eigenvalue weighted by molar-refractivity contribution is 5.13. The van der Waals surface area contributed by atoms with Gasteiger partial charge < -0.3 is 33.9 Å². The largest absolute Gasteiger partial charge is 0.469 e. The minimum Gasteiger partial charge on any atom is -0.469 e. The van der Waals surface area contributed by atoms with Crippen LogP contribution in [0.1, 0.15) is 52.5 Å². The minimum atomic E-state index is -0.946. The van der Waals surface area contributed by atoms with Gasteiger partial charge in [0.25, 0.3) is 0 Å². The van der Waals surface area contributed by atoms with Crippen LogP contribution in [-0.4, -0.2) is 59.9 Å². The highest BCUT2D eigenvalue weighted by Crippen LogP contribution is 2.39. The van der Waals surface area contributed by atoms with Crippen molar-refractivity contribution in [3.05, 3.63) is 47.7 Å². The lowest BCUT2D eigenvalue weighted by molar-refractivity contribution is -0.336. The van der Waals surface area contributed by atoms with Crippen molar-refractivity contribution in [3.63, 3.8) is 0 Å². The maximum atomic E-state index is 10.8. The summed E-state index contributed by atoms with van der Waals surface area (Å²) in [7, 11) is 0. The molecule has 7 nitrogen and oxygen atoms in total. The van der Waals surface area contributed by atoms with E-state index in [0.717, 1.165) is 30.6 Å². The smallest absolute Gasteiger partial charge is 0.202 e. The van der Waals surface area contributed by atoms with Crippen molar-refractivity contribution in [2.45, 2.75) is 96.7 Å². The molecule has 34 heavy (non-hydrogen) atoms. The fourth-order valence-corrected chi connectivity index (χ4v) is 4.99. The SMILES string of the molecule is CCC1OC(OC2=CCC2)C(C)C(C)C1OC1OC(CO)C(O)C(OCc2ccccc2)C1C. The highest BCUT2D eigenvalue weighted by atomic mass is 16.7. The summed E-state index contributed by atoms with van der Waals surface area (Å²) < 4.78 is 31.2. The Balaban J connectivity index is 1.44. The number of aliphatic hydroxyl groups is 2. The Hall–Kier alpha value is -1.48. The van der Waals surface area contributed by atoms with E-state index in [0.29, 0.717) is 6.61 Å². The van der Waals surface area contributed by atoms with E-state index >= 15 is 0 Å². The second-order valence-corrected chi connectivity index (χ2v) is 9.93. The Bertz CT molecular complexity index is 797. The third-order valence-electron chi connectivity index (χ3n) is 7.62. The fourth-order valence-electron chi connectivity index (χ4n) is 4.99. The normalized spacial score (nSPS) is 40.4. The molecule has 190 valence electrons. The van der Waals surface area contributed by atoms with Crippen molar-refractivity contribution in [1.29, 1.82) is 0 Å². The van der Waals surface area contributed by atoms with Crippen molar-refractivity contribution in [2.75, 3.05) is 6.61 Å². The summed E-state index contributed by atoms with van der Waals surface area (Å²) in [5.74, 6) is 1.08. The number of hydrogen-bond donors (Lipinski definition) is 2. The van der Waals surface area contributed by atoms with Crippen LogP contribution in [-0.2, 0) is 30.3 Å². The van der Waals surface area contributed by atoms with Gasteiger partial charge in [-0.1, -0.05) is 58.0 Å². The molecule has 10 unspecified atom stereocenters.